The summed E-state index contributed by atoms with van der Waals surface area (Å²) in [6, 6.07) is 19.6. The van der Waals surface area contributed by atoms with Gasteiger partial charge >= 0.3 is 5.97 Å². The topological polar surface area (TPSA) is 109 Å². The van der Waals surface area contributed by atoms with Crippen LogP contribution in [0.15, 0.2) is 77.5 Å². The lowest BCUT2D eigenvalue weighted by Crippen LogP contribution is -2.24. The summed E-state index contributed by atoms with van der Waals surface area (Å²) in [7, 11) is 0. The molecule has 0 saturated heterocycles. The summed E-state index contributed by atoms with van der Waals surface area (Å²) in [6.07, 6.45) is -0.00919. The summed E-state index contributed by atoms with van der Waals surface area (Å²) in [5.41, 5.74) is 5.39. The van der Waals surface area contributed by atoms with Gasteiger partial charge < -0.3 is 15.5 Å². The summed E-state index contributed by atoms with van der Waals surface area (Å²) in [5, 5.41) is 27.0. The molecule has 0 unspecified atom stereocenters. The van der Waals surface area contributed by atoms with Crippen LogP contribution in [0, 0.1) is 3.57 Å². The maximum absolute atomic E-state index is 12.7. The molecule has 5 aromatic rings. The van der Waals surface area contributed by atoms with Crippen LogP contribution in [0.1, 0.15) is 15.9 Å². The normalized spacial score (nSPS) is 11.0. The number of halogens is 2. The van der Waals surface area contributed by atoms with E-state index in [0.717, 1.165) is 31.5 Å². The molecule has 0 bridgehead atoms. The molecule has 0 aliphatic heterocycles. The molecular formula is C28H18I2N2O5S. The van der Waals surface area contributed by atoms with Gasteiger partial charge in [0.25, 0.3) is 5.91 Å². The third-order valence-corrected chi connectivity index (χ3v) is 8.79. The van der Waals surface area contributed by atoms with Crippen molar-refractivity contribution in [3.05, 3.63) is 92.2 Å². The first-order valence-electron chi connectivity index (χ1n) is 11.3. The highest BCUT2D eigenvalue weighted by Gasteiger charge is 2.21. The zero-order valence-electron chi connectivity index (χ0n) is 19.4. The SMILES string of the molecule is O=C(Cc1ccc(-c2ccsc2)cc1)C(=O)Nc1cccc(-c2c(I)c3cc(C(=O)O)c(O)cc3n2I)c1. The summed E-state index contributed by atoms with van der Waals surface area (Å²) in [5.74, 6) is -2.78. The molecule has 0 fully saturated rings. The fraction of sp³-hybridized carbons (Fsp3) is 0.0357. The Morgan fingerprint density at radius 3 is 2.39 bits per heavy atom. The highest BCUT2D eigenvalue weighted by molar-refractivity contribution is 14.1. The number of benzene rings is 3. The molecule has 5 rings (SSSR count). The van der Waals surface area contributed by atoms with E-state index in [1.54, 1.807) is 29.5 Å². The summed E-state index contributed by atoms with van der Waals surface area (Å²) in [6.45, 7) is 0. The largest absolute Gasteiger partial charge is 0.507 e. The van der Waals surface area contributed by atoms with Gasteiger partial charge in [0.05, 0.1) is 34.1 Å². The van der Waals surface area contributed by atoms with Crippen molar-refractivity contribution < 1.29 is 24.6 Å². The van der Waals surface area contributed by atoms with Crippen molar-refractivity contribution in [1.82, 2.24) is 2.78 Å². The molecule has 0 atom stereocenters. The van der Waals surface area contributed by atoms with Gasteiger partial charge in [-0.2, -0.15) is 11.3 Å². The number of rotatable bonds is 7. The van der Waals surface area contributed by atoms with E-state index in [2.05, 4.69) is 56.2 Å². The maximum Gasteiger partial charge on any atom is 0.339 e. The number of carbonyl (C=O) groups excluding carboxylic acids is 2. The lowest BCUT2D eigenvalue weighted by Gasteiger charge is -2.09. The second-order valence-corrected chi connectivity index (χ2v) is 11.3. The second-order valence-electron chi connectivity index (χ2n) is 8.48. The van der Waals surface area contributed by atoms with Crippen LogP contribution >= 0.6 is 56.8 Å². The van der Waals surface area contributed by atoms with Gasteiger partial charge in [-0.15, -0.1) is 0 Å². The number of carboxylic acids is 1. The zero-order chi connectivity index (χ0) is 27.0. The van der Waals surface area contributed by atoms with Gasteiger partial charge in [-0.3, -0.25) is 12.4 Å². The van der Waals surface area contributed by atoms with E-state index >= 15 is 0 Å². The predicted molar refractivity (Wildman–Crippen MR) is 165 cm³/mol. The maximum atomic E-state index is 12.7. The van der Waals surface area contributed by atoms with Crippen molar-refractivity contribution in [3.63, 3.8) is 0 Å². The van der Waals surface area contributed by atoms with Crippen LogP contribution in [0.25, 0.3) is 33.3 Å². The highest BCUT2D eigenvalue weighted by Crippen LogP contribution is 2.39. The van der Waals surface area contributed by atoms with Gasteiger partial charge in [-0.05, 0) is 74.3 Å². The molecule has 0 spiro atoms. The second kappa shape index (κ2) is 10.9. The standard InChI is InChI=1S/C28H18I2N2O5S/c29-25-20-12-21(28(36)37)23(33)13-22(20)32(30)26(25)17-2-1-3-19(11-17)31-27(35)24(34)10-15-4-6-16(7-5-15)18-8-9-38-14-18/h1-9,11-14,33H,10H2,(H,31,35)(H,36,37). The minimum absolute atomic E-state index is 0.00919. The molecule has 0 aliphatic rings. The molecule has 10 heteroatoms. The fourth-order valence-corrected chi connectivity index (χ4v) is 7.15. The Morgan fingerprint density at radius 2 is 1.71 bits per heavy atom. The third-order valence-electron chi connectivity index (χ3n) is 6.02. The van der Waals surface area contributed by atoms with Crippen molar-refractivity contribution in [3.8, 4) is 28.1 Å². The lowest BCUT2D eigenvalue weighted by atomic mass is 10.0. The third kappa shape index (κ3) is 5.20. The molecule has 0 aliphatic carbocycles. The molecule has 3 N–H and O–H groups in total. The number of hydrogen-bond acceptors (Lipinski definition) is 5. The number of nitrogens with zero attached hydrogens (tertiary/aromatic N) is 1. The van der Waals surface area contributed by atoms with E-state index in [-0.39, 0.29) is 17.7 Å². The Hall–Kier alpha value is -3.23. The number of amides is 1. The molecule has 1 amide bonds. The number of hydrogen-bond donors (Lipinski definition) is 3. The number of nitrogens with one attached hydrogen (secondary N) is 1. The average Bonchev–Trinajstić information content (AvgIpc) is 3.51. The number of phenols is 1. The molecule has 38 heavy (non-hydrogen) atoms. The Bertz CT molecular complexity index is 1710. The van der Waals surface area contributed by atoms with Crippen LogP contribution in [0.4, 0.5) is 5.69 Å². The van der Waals surface area contributed by atoms with Gasteiger partial charge in [-0.1, -0.05) is 36.4 Å². The number of aromatic hydroxyl groups is 1. The average molecular weight is 748 g/mol. The van der Waals surface area contributed by atoms with E-state index in [0.29, 0.717) is 16.6 Å². The van der Waals surface area contributed by atoms with Crippen molar-refractivity contribution >= 4 is 91.0 Å². The van der Waals surface area contributed by atoms with Crippen molar-refractivity contribution in [2.24, 2.45) is 0 Å². The highest BCUT2D eigenvalue weighted by atomic mass is 127. The van der Waals surface area contributed by atoms with Crippen molar-refractivity contribution in [2.45, 2.75) is 6.42 Å². The van der Waals surface area contributed by atoms with Crippen LogP contribution in [-0.2, 0) is 16.0 Å². The molecular weight excluding hydrogens is 730 g/mol. The smallest absolute Gasteiger partial charge is 0.339 e. The minimum atomic E-state index is -1.21. The van der Waals surface area contributed by atoms with Crippen molar-refractivity contribution in [1.29, 1.82) is 0 Å². The van der Waals surface area contributed by atoms with Crippen molar-refractivity contribution in [2.75, 3.05) is 5.32 Å². The molecule has 3 aromatic carbocycles. The molecule has 2 heterocycles. The van der Waals surface area contributed by atoms with E-state index in [4.69, 9.17) is 0 Å². The van der Waals surface area contributed by atoms with Gasteiger partial charge in [0, 0.05) is 32.7 Å². The first-order chi connectivity index (χ1) is 18.2. The lowest BCUT2D eigenvalue weighted by molar-refractivity contribution is -0.134. The Labute approximate surface area is 248 Å². The number of fused-ring (bicyclic) bond motifs is 1. The minimum Gasteiger partial charge on any atom is -0.507 e. The molecule has 190 valence electrons. The van der Waals surface area contributed by atoms with Gasteiger partial charge in [0.15, 0.2) is 0 Å². The number of carboxylic acid groups (broad SMARTS) is 1. The van der Waals surface area contributed by atoms with E-state index in [1.165, 1.54) is 12.1 Å². The number of carbonyl (C=O) groups is 3. The summed E-state index contributed by atoms with van der Waals surface area (Å²) >= 11 is 5.84. The van der Waals surface area contributed by atoms with Crippen LogP contribution < -0.4 is 5.32 Å². The van der Waals surface area contributed by atoms with Gasteiger partial charge in [-0.25, -0.2) is 4.79 Å². The first-order valence-corrected chi connectivity index (χ1v) is 14.2. The van der Waals surface area contributed by atoms with Crippen LogP contribution in [0.3, 0.4) is 0 Å². The quantitative estimate of drug-likeness (QED) is 0.123. The number of aromatic carboxylic acids is 1. The van der Waals surface area contributed by atoms with Crippen LogP contribution in [0.5, 0.6) is 5.75 Å². The molecule has 0 saturated carbocycles. The molecule has 0 radical (unpaired) electrons. The summed E-state index contributed by atoms with van der Waals surface area (Å²) in [4.78, 5) is 36.8. The summed E-state index contributed by atoms with van der Waals surface area (Å²) < 4.78 is 2.62. The Kier molecular flexibility index (Phi) is 7.54. The zero-order valence-corrected chi connectivity index (χ0v) is 24.6. The Morgan fingerprint density at radius 1 is 0.947 bits per heavy atom. The number of aromatic nitrogens is 1. The first kappa shape index (κ1) is 26.4. The number of thiophene rings is 1. The Balaban J connectivity index is 1.35. The predicted octanol–water partition coefficient (Wildman–Crippen LogP) is 6.99. The fourth-order valence-electron chi connectivity index (χ4n) is 4.12. The number of anilines is 1. The van der Waals surface area contributed by atoms with Crippen LogP contribution in [-0.4, -0.2) is 30.7 Å². The number of ketones is 1. The van der Waals surface area contributed by atoms with Gasteiger partial charge in [0.2, 0.25) is 5.78 Å². The molecule has 7 nitrogen and oxygen atoms in total. The van der Waals surface area contributed by atoms with Gasteiger partial charge in [0.1, 0.15) is 11.3 Å². The number of Topliss-reactive ketones (excluding diaryl/α,β-unsaturated/α-hetero) is 1. The molecule has 2 aromatic heterocycles. The van der Waals surface area contributed by atoms with E-state index < -0.39 is 17.7 Å². The van der Waals surface area contributed by atoms with E-state index in [9.17, 15) is 24.6 Å². The van der Waals surface area contributed by atoms with E-state index in [1.807, 2.05) is 44.6 Å². The monoisotopic (exact) mass is 748 g/mol. The van der Waals surface area contributed by atoms with Crippen LogP contribution in [0.2, 0.25) is 0 Å².